The van der Waals surface area contributed by atoms with Crippen LogP contribution in [0.5, 0.6) is 0 Å². The molecule has 0 spiro atoms. The van der Waals surface area contributed by atoms with Gasteiger partial charge in [0.15, 0.2) is 0 Å². The number of nitrogens with zero attached hydrogens (tertiary/aromatic N) is 2. The fraction of sp³-hybridized carbons (Fsp3) is 0.714. The van der Waals surface area contributed by atoms with Crippen LogP contribution in [0.15, 0.2) is 4.47 Å². The van der Waals surface area contributed by atoms with Crippen molar-refractivity contribution in [1.82, 2.24) is 9.78 Å². The van der Waals surface area contributed by atoms with Crippen LogP contribution in [0.1, 0.15) is 39.1 Å². The van der Waals surface area contributed by atoms with Crippen molar-refractivity contribution in [2.45, 2.75) is 47.1 Å². The lowest BCUT2D eigenvalue weighted by molar-refractivity contribution is -0.116. The Morgan fingerprint density at radius 1 is 1.42 bits per heavy atom. The van der Waals surface area contributed by atoms with Gasteiger partial charge >= 0.3 is 0 Å². The van der Waals surface area contributed by atoms with Gasteiger partial charge in [-0.1, -0.05) is 20.8 Å². The molecule has 1 rings (SSSR count). The first-order valence-corrected chi connectivity index (χ1v) is 8.77. The van der Waals surface area contributed by atoms with Crippen molar-refractivity contribution < 1.29 is 4.79 Å². The van der Waals surface area contributed by atoms with Gasteiger partial charge in [0.1, 0.15) is 5.78 Å². The van der Waals surface area contributed by atoms with E-state index in [0.717, 1.165) is 34.6 Å². The van der Waals surface area contributed by atoms with Crippen LogP contribution in [-0.2, 0) is 24.2 Å². The molecule has 0 aliphatic heterocycles. The summed E-state index contributed by atoms with van der Waals surface area (Å²) in [7, 11) is 0. The number of hydrogen-bond donors (Lipinski definition) is 0. The van der Waals surface area contributed by atoms with Gasteiger partial charge < -0.3 is 0 Å². The van der Waals surface area contributed by atoms with Gasteiger partial charge in [-0.2, -0.15) is 16.9 Å². The van der Waals surface area contributed by atoms with E-state index >= 15 is 0 Å². The maximum absolute atomic E-state index is 12.0. The number of carbonyl (C=O) groups excluding carboxylic acids is 1. The predicted octanol–water partition coefficient (Wildman–Crippen LogP) is 3.73. The minimum absolute atomic E-state index is 0.281. The molecule has 0 unspecified atom stereocenters. The second-order valence-electron chi connectivity index (χ2n) is 5.00. The third-order valence-corrected chi connectivity index (χ3v) is 5.12. The summed E-state index contributed by atoms with van der Waals surface area (Å²) in [6, 6.07) is 0. The number of rotatable bonds is 8. The van der Waals surface area contributed by atoms with Crippen LogP contribution in [0.25, 0.3) is 0 Å². The van der Waals surface area contributed by atoms with Gasteiger partial charge in [-0.3, -0.25) is 9.48 Å². The quantitative estimate of drug-likeness (QED) is 0.719. The minimum atomic E-state index is 0.281. The van der Waals surface area contributed by atoms with E-state index in [-0.39, 0.29) is 5.78 Å². The first-order valence-electron chi connectivity index (χ1n) is 6.83. The molecule has 0 atom stereocenters. The fourth-order valence-corrected chi connectivity index (χ4v) is 3.46. The zero-order chi connectivity index (χ0) is 14.4. The number of carbonyl (C=O) groups is 1. The number of Topliss-reactive ketones (excluding diaryl/α,β-unsaturated/α-hetero) is 1. The lowest BCUT2D eigenvalue weighted by atomic mass is 10.2. The average Bonchev–Trinajstić information content (AvgIpc) is 2.66. The highest BCUT2D eigenvalue weighted by atomic mass is 79.9. The van der Waals surface area contributed by atoms with Crippen LogP contribution in [0, 0.1) is 5.92 Å². The lowest BCUT2D eigenvalue weighted by Crippen LogP contribution is -2.12. The van der Waals surface area contributed by atoms with Crippen molar-refractivity contribution in [3.8, 4) is 0 Å². The molecule has 0 saturated carbocycles. The smallest absolute Gasteiger partial charge is 0.148 e. The molecule has 5 heteroatoms. The molecule has 0 amide bonds. The molecule has 0 radical (unpaired) electrons. The Morgan fingerprint density at radius 2 is 2.11 bits per heavy atom. The highest BCUT2D eigenvalue weighted by Gasteiger charge is 2.16. The molecule has 0 bridgehead atoms. The number of hydrogen-bond acceptors (Lipinski definition) is 3. The largest absolute Gasteiger partial charge is 0.298 e. The van der Waals surface area contributed by atoms with E-state index in [0.29, 0.717) is 18.1 Å². The summed E-state index contributed by atoms with van der Waals surface area (Å²) in [5.74, 6) is 2.56. The van der Waals surface area contributed by atoms with Gasteiger partial charge in [-0.05, 0) is 40.9 Å². The summed E-state index contributed by atoms with van der Waals surface area (Å²) in [4.78, 5) is 12.0. The number of aromatic nitrogens is 2. The van der Waals surface area contributed by atoms with Gasteiger partial charge in [0.2, 0.25) is 0 Å². The van der Waals surface area contributed by atoms with Crippen molar-refractivity contribution in [1.29, 1.82) is 0 Å². The molecule has 0 aliphatic carbocycles. The van der Waals surface area contributed by atoms with Gasteiger partial charge in [0.05, 0.1) is 28.0 Å². The average molecular weight is 347 g/mol. The Labute approximate surface area is 128 Å². The van der Waals surface area contributed by atoms with E-state index in [4.69, 9.17) is 0 Å². The second-order valence-corrected chi connectivity index (χ2v) is 6.82. The van der Waals surface area contributed by atoms with E-state index in [2.05, 4.69) is 48.7 Å². The van der Waals surface area contributed by atoms with E-state index in [1.807, 2.05) is 4.68 Å². The molecular weight excluding hydrogens is 324 g/mol. The van der Waals surface area contributed by atoms with Crippen molar-refractivity contribution in [2.75, 3.05) is 11.5 Å². The first kappa shape index (κ1) is 16.8. The molecule has 0 saturated heterocycles. The van der Waals surface area contributed by atoms with Gasteiger partial charge in [-0.15, -0.1) is 0 Å². The molecule has 108 valence electrons. The standard InChI is InChI=1S/C14H23BrN2OS/c1-5-12-14(15)13(17(6-2)16-12)7-11(18)9-19-8-10(3)4/h10H,5-9H2,1-4H3. The molecule has 0 fully saturated rings. The van der Waals surface area contributed by atoms with Gasteiger partial charge in [0, 0.05) is 6.54 Å². The Balaban J connectivity index is 2.65. The molecule has 1 heterocycles. The lowest BCUT2D eigenvalue weighted by Gasteiger charge is -2.06. The Morgan fingerprint density at radius 3 is 2.63 bits per heavy atom. The molecular formula is C14H23BrN2OS. The fourth-order valence-electron chi connectivity index (χ4n) is 1.83. The molecule has 0 aliphatic rings. The highest BCUT2D eigenvalue weighted by molar-refractivity contribution is 9.10. The third-order valence-electron chi connectivity index (χ3n) is 2.77. The van der Waals surface area contributed by atoms with E-state index in [9.17, 15) is 4.79 Å². The SMILES string of the molecule is CCc1nn(CC)c(CC(=O)CSCC(C)C)c1Br. The van der Waals surface area contributed by atoms with Crippen molar-refractivity contribution in [3.63, 3.8) is 0 Å². The molecule has 0 N–H and O–H groups in total. The number of thioether (sulfide) groups is 1. The third kappa shape index (κ3) is 4.95. The summed E-state index contributed by atoms with van der Waals surface area (Å²) in [5, 5.41) is 4.52. The maximum atomic E-state index is 12.0. The van der Waals surface area contributed by atoms with Crippen molar-refractivity contribution in [2.24, 2.45) is 5.92 Å². The number of aryl methyl sites for hydroxylation is 2. The van der Waals surface area contributed by atoms with Crippen LogP contribution in [-0.4, -0.2) is 27.1 Å². The number of halogens is 1. The van der Waals surface area contributed by atoms with E-state index in [1.165, 1.54) is 0 Å². The Kier molecular flexibility index (Phi) is 7.15. The maximum Gasteiger partial charge on any atom is 0.148 e. The van der Waals surface area contributed by atoms with E-state index < -0.39 is 0 Å². The molecule has 1 aromatic heterocycles. The van der Waals surface area contributed by atoms with Crippen molar-refractivity contribution in [3.05, 3.63) is 15.9 Å². The van der Waals surface area contributed by atoms with Crippen LogP contribution < -0.4 is 0 Å². The van der Waals surface area contributed by atoms with Crippen molar-refractivity contribution >= 4 is 33.5 Å². The van der Waals surface area contributed by atoms with Crippen LogP contribution in [0.3, 0.4) is 0 Å². The summed E-state index contributed by atoms with van der Waals surface area (Å²) >= 11 is 5.31. The van der Waals surface area contributed by atoms with Crippen LogP contribution in [0.4, 0.5) is 0 Å². The molecule has 1 aromatic rings. The highest BCUT2D eigenvalue weighted by Crippen LogP contribution is 2.23. The zero-order valence-electron chi connectivity index (χ0n) is 12.2. The zero-order valence-corrected chi connectivity index (χ0v) is 14.6. The van der Waals surface area contributed by atoms with E-state index in [1.54, 1.807) is 11.8 Å². The van der Waals surface area contributed by atoms with Gasteiger partial charge in [0.25, 0.3) is 0 Å². The molecule has 19 heavy (non-hydrogen) atoms. The van der Waals surface area contributed by atoms with Gasteiger partial charge in [-0.25, -0.2) is 0 Å². The van der Waals surface area contributed by atoms with Crippen LogP contribution in [0.2, 0.25) is 0 Å². The monoisotopic (exact) mass is 346 g/mol. The summed E-state index contributed by atoms with van der Waals surface area (Å²) < 4.78 is 2.95. The summed E-state index contributed by atoms with van der Waals surface area (Å²) in [6.45, 7) is 9.29. The number of ketones is 1. The Hall–Kier alpha value is -0.290. The normalized spacial score (nSPS) is 11.3. The summed E-state index contributed by atoms with van der Waals surface area (Å²) in [5.41, 5.74) is 2.06. The van der Waals surface area contributed by atoms with Crippen LogP contribution >= 0.6 is 27.7 Å². The molecule has 3 nitrogen and oxygen atoms in total. The Bertz CT molecular complexity index is 429. The first-order chi connectivity index (χ1) is 8.99. The second kappa shape index (κ2) is 8.10. The minimum Gasteiger partial charge on any atom is -0.298 e. The topological polar surface area (TPSA) is 34.9 Å². The summed E-state index contributed by atoms with van der Waals surface area (Å²) in [6.07, 6.45) is 1.36. The molecule has 0 aromatic carbocycles. The predicted molar refractivity (Wildman–Crippen MR) is 85.9 cm³/mol.